The fourth-order valence-electron chi connectivity index (χ4n) is 1.25. The summed E-state index contributed by atoms with van der Waals surface area (Å²) in [5.41, 5.74) is 6.01. The van der Waals surface area contributed by atoms with Crippen molar-refractivity contribution in [2.45, 2.75) is 0 Å². The SMILES string of the molecule is Nc1cc(-c2ccc(F)c(O)c2O)[nH]n1. The molecular formula is C9H8FN3O2. The Labute approximate surface area is 84.0 Å². The second-order valence-electron chi connectivity index (χ2n) is 3.00. The number of nitrogen functional groups attached to an aromatic ring is 1. The average molecular weight is 209 g/mol. The molecule has 0 amide bonds. The normalized spacial score (nSPS) is 10.5. The van der Waals surface area contributed by atoms with Gasteiger partial charge in [0.2, 0.25) is 0 Å². The first-order valence-corrected chi connectivity index (χ1v) is 4.11. The van der Waals surface area contributed by atoms with Gasteiger partial charge in [0, 0.05) is 11.6 Å². The maximum absolute atomic E-state index is 12.8. The zero-order valence-electron chi connectivity index (χ0n) is 7.53. The van der Waals surface area contributed by atoms with Gasteiger partial charge in [-0.3, -0.25) is 5.10 Å². The standard InChI is InChI=1S/C9H8FN3O2/c10-5-2-1-4(8(14)9(5)15)6-3-7(11)13-12-6/h1-3,14-15H,(H3,11,12,13). The first kappa shape index (κ1) is 9.32. The average Bonchev–Trinajstić information content (AvgIpc) is 2.61. The third kappa shape index (κ3) is 1.45. The van der Waals surface area contributed by atoms with Crippen molar-refractivity contribution in [3.05, 3.63) is 24.0 Å². The maximum atomic E-state index is 12.8. The molecule has 2 rings (SSSR count). The van der Waals surface area contributed by atoms with Gasteiger partial charge in [0.25, 0.3) is 0 Å². The van der Waals surface area contributed by atoms with Crippen molar-refractivity contribution in [3.63, 3.8) is 0 Å². The molecule has 1 aromatic heterocycles. The fraction of sp³-hybridized carbons (Fsp3) is 0. The monoisotopic (exact) mass is 209 g/mol. The number of halogens is 1. The van der Waals surface area contributed by atoms with E-state index in [0.717, 1.165) is 6.07 Å². The second kappa shape index (κ2) is 3.16. The van der Waals surface area contributed by atoms with Crippen LogP contribution in [0.4, 0.5) is 10.2 Å². The number of nitrogens with one attached hydrogen (secondary N) is 1. The molecule has 0 unspecified atom stereocenters. The van der Waals surface area contributed by atoms with E-state index in [4.69, 9.17) is 10.8 Å². The van der Waals surface area contributed by atoms with Crippen molar-refractivity contribution in [2.75, 3.05) is 5.73 Å². The van der Waals surface area contributed by atoms with E-state index in [9.17, 15) is 9.50 Å². The van der Waals surface area contributed by atoms with E-state index in [-0.39, 0.29) is 11.4 Å². The van der Waals surface area contributed by atoms with Crippen LogP contribution in [0.2, 0.25) is 0 Å². The van der Waals surface area contributed by atoms with Gasteiger partial charge in [-0.15, -0.1) is 0 Å². The third-order valence-electron chi connectivity index (χ3n) is 1.99. The summed E-state index contributed by atoms with van der Waals surface area (Å²) in [6, 6.07) is 3.82. The first-order chi connectivity index (χ1) is 7.09. The van der Waals surface area contributed by atoms with Crippen LogP contribution >= 0.6 is 0 Å². The number of phenols is 2. The lowest BCUT2D eigenvalue weighted by Crippen LogP contribution is -1.83. The summed E-state index contributed by atoms with van der Waals surface area (Å²) in [5, 5.41) is 24.8. The van der Waals surface area contributed by atoms with E-state index in [1.54, 1.807) is 0 Å². The highest BCUT2D eigenvalue weighted by molar-refractivity contribution is 5.71. The Hall–Kier alpha value is -2.24. The molecule has 5 N–H and O–H groups in total. The number of aromatic nitrogens is 2. The zero-order valence-corrected chi connectivity index (χ0v) is 7.53. The van der Waals surface area contributed by atoms with Crippen molar-refractivity contribution < 1.29 is 14.6 Å². The lowest BCUT2D eigenvalue weighted by Gasteiger charge is -2.04. The molecular weight excluding hydrogens is 201 g/mol. The van der Waals surface area contributed by atoms with Crippen LogP contribution in [0.15, 0.2) is 18.2 Å². The van der Waals surface area contributed by atoms with Crippen LogP contribution < -0.4 is 5.73 Å². The molecule has 15 heavy (non-hydrogen) atoms. The molecule has 0 spiro atoms. The minimum Gasteiger partial charge on any atom is -0.504 e. The van der Waals surface area contributed by atoms with Gasteiger partial charge >= 0.3 is 0 Å². The Morgan fingerprint density at radius 1 is 1.27 bits per heavy atom. The lowest BCUT2D eigenvalue weighted by molar-refractivity contribution is 0.380. The molecule has 0 aliphatic carbocycles. The van der Waals surface area contributed by atoms with E-state index >= 15 is 0 Å². The molecule has 0 saturated carbocycles. The van der Waals surface area contributed by atoms with Gasteiger partial charge < -0.3 is 15.9 Å². The van der Waals surface area contributed by atoms with Crippen LogP contribution in [0.3, 0.4) is 0 Å². The number of anilines is 1. The highest BCUT2D eigenvalue weighted by Gasteiger charge is 2.14. The molecule has 6 heteroatoms. The molecule has 0 aliphatic rings. The van der Waals surface area contributed by atoms with E-state index in [1.807, 2.05) is 0 Å². The Kier molecular flexibility index (Phi) is 1.96. The van der Waals surface area contributed by atoms with Gasteiger partial charge in [0.15, 0.2) is 17.3 Å². The highest BCUT2D eigenvalue weighted by Crippen LogP contribution is 2.37. The van der Waals surface area contributed by atoms with E-state index < -0.39 is 17.3 Å². The van der Waals surface area contributed by atoms with Crippen LogP contribution in [0, 0.1) is 5.82 Å². The van der Waals surface area contributed by atoms with E-state index in [2.05, 4.69) is 10.2 Å². The molecule has 1 aromatic carbocycles. The van der Waals surface area contributed by atoms with Crippen LogP contribution in [-0.4, -0.2) is 20.4 Å². The fourth-order valence-corrected chi connectivity index (χ4v) is 1.25. The Morgan fingerprint density at radius 2 is 2.00 bits per heavy atom. The molecule has 0 fully saturated rings. The predicted octanol–water partition coefficient (Wildman–Crippen LogP) is 1.21. The number of H-pyrrole nitrogens is 1. The van der Waals surface area contributed by atoms with Gasteiger partial charge in [-0.05, 0) is 12.1 Å². The molecule has 78 valence electrons. The molecule has 2 aromatic rings. The second-order valence-corrected chi connectivity index (χ2v) is 3.00. The van der Waals surface area contributed by atoms with E-state index in [1.165, 1.54) is 12.1 Å². The van der Waals surface area contributed by atoms with Crippen LogP contribution in [0.25, 0.3) is 11.3 Å². The molecule has 5 nitrogen and oxygen atoms in total. The van der Waals surface area contributed by atoms with Crippen molar-refractivity contribution >= 4 is 5.82 Å². The quantitative estimate of drug-likeness (QED) is 0.531. The number of hydrogen-bond acceptors (Lipinski definition) is 4. The Bertz CT molecular complexity index is 510. The Morgan fingerprint density at radius 3 is 2.60 bits per heavy atom. The van der Waals surface area contributed by atoms with Gasteiger partial charge in [-0.25, -0.2) is 4.39 Å². The van der Waals surface area contributed by atoms with E-state index in [0.29, 0.717) is 5.69 Å². The third-order valence-corrected chi connectivity index (χ3v) is 1.99. The number of aromatic hydroxyl groups is 2. The minimum atomic E-state index is -0.885. The number of rotatable bonds is 1. The van der Waals surface area contributed by atoms with Gasteiger partial charge in [0.1, 0.15) is 5.82 Å². The number of hydrogen-bond donors (Lipinski definition) is 4. The maximum Gasteiger partial charge on any atom is 0.194 e. The number of nitrogens with two attached hydrogens (primary N) is 1. The highest BCUT2D eigenvalue weighted by atomic mass is 19.1. The van der Waals surface area contributed by atoms with Gasteiger partial charge in [-0.2, -0.15) is 5.10 Å². The number of nitrogens with zero attached hydrogens (tertiary/aromatic N) is 1. The van der Waals surface area contributed by atoms with Crippen LogP contribution in [-0.2, 0) is 0 Å². The number of aromatic amines is 1. The molecule has 0 atom stereocenters. The minimum absolute atomic E-state index is 0.234. The smallest absolute Gasteiger partial charge is 0.194 e. The summed E-state index contributed by atoms with van der Waals surface area (Å²) in [7, 11) is 0. The summed E-state index contributed by atoms with van der Waals surface area (Å²) in [4.78, 5) is 0. The summed E-state index contributed by atoms with van der Waals surface area (Å²) in [6.07, 6.45) is 0. The predicted molar refractivity (Wildman–Crippen MR) is 51.7 cm³/mol. The topological polar surface area (TPSA) is 95.2 Å². The molecule has 0 saturated heterocycles. The zero-order chi connectivity index (χ0) is 11.0. The molecule has 0 aliphatic heterocycles. The number of phenolic OH excluding ortho intramolecular Hbond substituents is 2. The first-order valence-electron chi connectivity index (χ1n) is 4.11. The Balaban J connectivity index is 2.59. The van der Waals surface area contributed by atoms with Gasteiger partial charge in [-0.1, -0.05) is 0 Å². The number of benzene rings is 1. The largest absolute Gasteiger partial charge is 0.504 e. The van der Waals surface area contributed by atoms with Crippen molar-refractivity contribution in [2.24, 2.45) is 0 Å². The van der Waals surface area contributed by atoms with Gasteiger partial charge in [0.05, 0.1) is 5.69 Å². The summed E-state index contributed by atoms with van der Waals surface area (Å²) in [5.74, 6) is -1.98. The van der Waals surface area contributed by atoms with Crippen molar-refractivity contribution in [1.29, 1.82) is 0 Å². The molecule has 1 heterocycles. The van der Waals surface area contributed by atoms with Crippen LogP contribution in [0.5, 0.6) is 11.5 Å². The summed E-state index contributed by atoms with van der Waals surface area (Å²) < 4.78 is 12.8. The van der Waals surface area contributed by atoms with Crippen molar-refractivity contribution in [3.8, 4) is 22.8 Å². The summed E-state index contributed by atoms with van der Waals surface area (Å²) >= 11 is 0. The molecule has 0 bridgehead atoms. The van der Waals surface area contributed by atoms with Crippen LogP contribution in [0.1, 0.15) is 0 Å². The lowest BCUT2D eigenvalue weighted by atomic mass is 10.1. The van der Waals surface area contributed by atoms with Crippen molar-refractivity contribution in [1.82, 2.24) is 10.2 Å². The molecule has 0 radical (unpaired) electrons. The summed E-state index contributed by atoms with van der Waals surface area (Å²) in [6.45, 7) is 0.